The van der Waals surface area contributed by atoms with Gasteiger partial charge < -0.3 is 29.0 Å². The smallest absolute Gasteiger partial charge is 0.412 e. The number of carbonyl (C=O) groups is 1. The van der Waals surface area contributed by atoms with Gasteiger partial charge in [-0.25, -0.2) is 13.9 Å². The van der Waals surface area contributed by atoms with Gasteiger partial charge in [0.05, 0.1) is 29.8 Å². The van der Waals surface area contributed by atoms with Gasteiger partial charge in [-0.3, -0.25) is 4.79 Å². The molecule has 0 fully saturated rings. The number of thioether (sulfide) groups is 1. The summed E-state index contributed by atoms with van der Waals surface area (Å²) < 4.78 is 43.8. The molecule has 0 unspecified atom stereocenters. The van der Waals surface area contributed by atoms with E-state index in [1.165, 1.54) is 28.1 Å². The molecule has 0 aliphatic carbocycles. The zero-order valence-electron chi connectivity index (χ0n) is 44.4. The van der Waals surface area contributed by atoms with Crippen LogP contribution in [0.25, 0.3) is 0 Å². The Morgan fingerprint density at radius 1 is 0.730 bits per heavy atom. The molecular weight excluding hydrogens is 973 g/mol. The lowest BCUT2D eigenvalue weighted by molar-refractivity contribution is 0.200. The number of nitrogens with one attached hydrogen (secondary N) is 1. The number of hydrogen-bond acceptors (Lipinski definition) is 9. The van der Waals surface area contributed by atoms with E-state index in [0.717, 1.165) is 70.9 Å². The number of halogens is 2. The molecule has 7 aromatic rings. The quantitative estimate of drug-likeness (QED) is 0.0625. The van der Waals surface area contributed by atoms with Crippen LogP contribution in [0.1, 0.15) is 95.5 Å². The Kier molecular flexibility index (Phi) is 22.5. The molecule has 1 aromatic heterocycles. The molecule has 0 saturated carbocycles. The summed E-state index contributed by atoms with van der Waals surface area (Å²) in [5, 5.41) is 7.10. The van der Waals surface area contributed by atoms with Gasteiger partial charge in [-0.15, -0.1) is 11.8 Å². The van der Waals surface area contributed by atoms with Gasteiger partial charge in [-0.2, -0.15) is 5.10 Å². The highest BCUT2D eigenvalue weighted by Gasteiger charge is 2.21. The van der Waals surface area contributed by atoms with Crippen molar-refractivity contribution < 1.29 is 32.9 Å². The molecule has 10 nitrogen and oxygen atoms in total. The summed E-state index contributed by atoms with van der Waals surface area (Å²) in [5.41, 5.74) is 4.83. The van der Waals surface area contributed by atoms with Gasteiger partial charge in [0.15, 0.2) is 11.6 Å². The van der Waals surface area contributed by atoms with Crippen molar-refractivity contribution in [3.63, 3.8) is 0 Å². The van der Waals surface area contributed by atoms with Crippen LogP contribution in [0.3, 0.4) is 0 Å². The summed E-state index contributed by atoms with van der Waals surface area (Å²) in [5.74, 6) is 5.12. The average Bonchev–Trinajstić information content (AvgIpc) is 3.36. The van der Waals surface area contributed by atoms with Gasteiger partial charge >= 0.3 is 6.09 Å². The minimum atomic E-state index is -0.418. The minimum Gasteiger partial charge on any atom is -0.494 e. The third-order valence-corrected chi connectivity index (χ3v) is 12.9. The summed E-state index contributed by atoms with van der Waals surface area (Å²) in [6.07, 6.45) is 5.09. The van der Waals surface area contributed by atoms with Crippen molar-refractivity contribution in [1.82, 2.24) is 15.1 Å². The van der Waals surface area contributed by atoms with Gasteiger partial charge in [0.25, 0.3) is 5.56 Å². The van der Waals surface area contributed by atoms with Crippen LogP contribution in [0.5, 0.6) is 40.2 Å². The van der Waals surface area contributed by atoms with Crippen molar-refractivity contribution in [1.29, 1.82) is 0 Å². The lowest BCUT2D eigenvalue weighted by atomic mass is 9.80. The normalized spacial score (nSPS) is 11.0. The molecule has 392 valence electrons. The molecule has 6 aromatic carbocycles. The van der Waals surface area contributed by atoms with E-state index in [0.29, 0.717) is 41.9 Å². The van der Waals surface area contributed by atoms with Crippen LogP contribution in [0, 0.1) is 26.6 Å². The maximum absolute atomic E-state index is 14.1. The maximum Gasteiger partial charge on any atom is 0.412 e. The molecule has 0 spiro atoms. The van der Waals surface area contributed by atoms with E-state index >= 15 is 0 Å². The monoisotopic (exact) mass is 1040 g/mol. The number of para-hydroxylation sites is 2. The highest BCUT2D eigenvalue weighted by atomic mass is 35.5. The zero-order chi connectivity index (χ0) is 53.7. The number of benzene rings is 6. The standard InChI is InChI=1S/C26H29FO2.C24H27ClN2O3S.C11H15NO2/c1-4-28-22-15-13-21(14-16-22)26(2,3)18-8-9-20-12-17-24(27)25(19-20)29-23-10-6-5-7-11-23;1-16-13-19(30-18-9-7-6-8-10-18)14-17(2)22(16)29-11-12-31-20-15-26-27(24(3,4)5)23(28)21(20)25;1-3-7-12-11(13)14-10-6-4-5-9(2)8-10/h5-7,10-17,19H,4,8-9,18H2,1-3H3;6-10,13-15H,11-12H2,1-5H3;4-6,8H,3,7H2,1-2H3,(H,12,13). The van der Waals surface area contributed by atoms with E-state index in [-0.39, 0.29) is 27.6 Å². The second-order valence-corrected chi connectivity index (χ2v) is 20.7. The second-order valence-electron chi connectivity index (χ2n) is 19.2. The maximum atomic E-state index is 14.1. The molecule has 0 atom stereocenters. The molecule has 7 rings (SSSR count). The fourth-order valence-electron chi connectivity index (χ4n) is 7.61. The highest BCUT2D eigenvalue weighted by Crippen LogP contribution is 2.34. The van der Waals surface area contributed by atoms with Crippen LogP contribution in [-0.2, 0) is 17.4 Å². The molecule has 1 N–H and O–H groups in total. The first-order chi connectivity index (χ1) is 35.4. The van der Waals surface area contributed by atoms with Gasteiger partial charge in [0, 0.05) is 12.3 Å². The van der Waals surface area contributed by atoms with E-state index in [9.17, 15) is 14.0 Å². The Labute approximate surface area is 446 Å². The summed E-state index contributed by atoms with van der Waals surface area (Å²) >= 11 is 7.74. The van der Waals surface area contributed by atoms with E-state index < -0.39 is 11.6 Å². The Bertz CT molecular complexity index is 2890. The predicted octanol–water partition coefficient (Wildman–Crippen LogP) is 16.0. The Morgan fingerprint density at radius 3 is 1.97 bits per heavy atom. The number of rotatable bonds is 19. The first kappa shape index (κ1) is 58.1. The number of carbonyl (C=O) groups excluding carboxylic acids is 1. The van der Waals surface area contributed by atoms with Crippen molar-refractivity contribution in [2.45, 2.75) is 111 Å². The molecule has 1 amide bonds. The Hall–Kier alpha value is -6.76. The third kappa shape index (κ3) is 18.6. The number of nitrogens with zero attached hydrogens (tertiary/aromatic N) is 2. The van der Waals surface area contributed by atoms with Crippen molar-refractivity contribution in [2.24, 2.45) is 0 Å². The molecule has 13 heteroatoms. The third-order valence-electron chi connectivity index (χ3n) is 11.4. The first-order valence-corrected chi connectivity index (χ1v) is 26.4. The summed E-state index contributed by atoms with van der Waals surface area (Å²) in [6, 6.07) is 43.8. The van der Waals surface area contributed by atoms with E-state index in [4.69, 9.17) is 35.3 Å². The number of ether oxygens (including phenoxy) is 5. The topological polar surface area (TPSA) is 110 Å². The van der Waals surface area contributed by atoms with Crippen molar-refractivity contribution in [3.8, 4) is 40.2 Å². The summed E-state index contributed by atoms with van der Waals surface area (Å²) in [7, 11) is 0. The average molecular weight is 1040 g/mol. The number of amides is 1. The predicted molar refractivity (Wildman–Crippen MR) is 299 cm³/mol. The van der Waals surface area contributed by atoms with Crippen molar-refractivity contribution >= 4 is 29.5 Å². The number of hydrogen-bond donors (Lipinski definition) is 1. The Morgan fingerprint density at radius 2 is 1.36 bits per heavy atom. The SMILES string of the molecule is CCCNC(=O)Oc1cccc(C)c1.CCOc1ccc(C(C)(C)CCCc2ccc(F)c(Oc3ccccc3)c2)cc1.Cc1cc(Oc2ccccc2)cc(C)c1OCCSc1cnn(C(C)(C)C)c(=O)c1Cl. The molecule has 74 heavy (non-hydrogen) atoms. The lowest BCUT2D eigenvalue weighted by Gasteiger charge is -2.25. The fraction of sp³-hybridized carbons (Fsp3) is 0.328. The molecule has 0 aliphatic rings. The molecule has 0 aliphatic heterocycles. The minimum absolute atomic E-state index is 0.0636. The number of aromatic nitrogens is 2. The molecule has 0 bridgehead atoms. The lowest BCUT2D eigenvalue weighted by Crippen LogP contribution is -2.36. The zero-order valence-corrected chi connectivity index (χ0v) is 46.0. The van der Waals surface area contributed by atoms with E-state index in [1.807, 2.05) is 171 Å². The largest absolute Gasteiger partial charge is 0.494 e. The van der Waals surface area contributed by atoms with Crippen LogP contribution in [0.4, 0.5) is 9.18 Å². The van der Waals surface area contributed by atoms with E-state index in [1.54, 1.807) is 12.3 Å². The van der Waals surface area contributed by atoms with E-state index in [2.05, 4.69) is 36.4 Å². The molecule has 0 saturated heterocycles. The first-order valence-electron chi connectivity index (χ1n) is 25.0. The van der Waals surface area contributed by atoms with Gasteiger partial charge in [-0.05, 0) is 180 Å². The van der Waals surface area contributed by atoms with Crippen LogP contribution in [0.15, 0.2) is 155 Å². The number of aryl methyl sites for hydroxylation is 4. The van der Waals surface area contributed by atoms with Gasteiger partial charge in [0.1, 0.15) is 39.5 Å². The summed E-state index contributed by atoms with van der Waals surface area (Å²) in [4.78, 5) is 24.3. The van der Waals surface area contributed by atoms with Crippen LogP contribution in [-0.4, -0.2) is 41.4 Å². The van der Waals surface area contributed by atoms with Crippen LogP contribution < -0.4 is 34.6 Å². The molecular formula is C61H71ClFN3O7S. The fourth-order valence-corrected chi connectivity index (χ4v) is 8.62. The van der Waals surface area contributed by atoms with Gasteiger partial charge in [0.2, 0.25) is 0 Å². The van der Waals surface area contributed by atoms with Crippen LogP contribution in [0.2, 0.25) is 5.02 Å². The molecule has 1 heterocycles. The molecule has 0 radical (unpaired) electrons. The van der Waals surface area contributed by atoms with Crippen LogP contribution >= 0.6 is 23.4 Å². The van der Waals surface area contributed by atoms with Crippen molar-refractivity contribution in [3.05, 3.63) is 195 Å². The van der Waals surface area contributed by atoms with Crippen molar-refractivity contribution in [2.75, 3.05) is 25.5 Å². The second kappa shape index (κ2) is 28.6. The van der Waals surface area contributed by atoms with Gasteiger partial charge in [-0.1, -0.05) is 99.1 Å². The highest BCUT2D eigenvalue weighted by molar-refractivity contribution is 7.99. The Balaban J connectivity index is 0.000000220. The summed E-state index contributed by atoms with van der Waals surface area (Å²) in [6.45, 7) is 22.0.